The molecule has 1 fully saturated rings. The minimum atomic E-state index is -3.50. The fourth-order valence-corrected chi connectivity index (χ4v) is 7.44. The quantitative estimate of drug-likeness (QED) is 0.234. The third-order valence-electron chi connectivity index (χ3n) is 8.36. The van der Waals surface area contributed by atoms with Crippen LogP contribution in [0.4, 0.5) is 4.79 Å². The summed E-state index contributed by atoms with van der Waals surface area (Å²) in [7, 11) is -3.50. The van der Waals surface area contributed by atoms with Crippen LogP contribution in [0.2, 0.25) is 0 Å². The van der Waals surface area contributed by atoms with Crippen LogP contribution in [0.25, 0.3) is 0 Å². The molecule has 1 aliphatic heterocycles. The number of sulfone groups is 1. The first-order valence-electron chi connectivity index (χ1n) is 14.8. The maximum absolute atomic E-state index is 13.6. The van der Waals surface area contributed by atoms with Gasteiger partial charge in [-0.05, 0) is 82.2 Å². The zero-order chi connectivity index (χ0) is 29.3. The van der Waals surface area contributed by atoms with Crippen molar-refractivity contribution in [1.82, 2.24) is 9.80 Å². The highest BCUT2D eigenvalue weighted by Crippen LogP contribution is 2.37. The Morgan fingerprint density at radius 3 is 2.07 bits per heavy atom. The fraction of sp³-hybridized carbons (Fsp3) is 0.441. The zero-order valence-corrected chi connectivity index (χ0v) is 25.4. The molecule has 6 nitrogen and oxygen atoms in total. The lowest BCUT2D eigenvalue weighted by atomic mass is 9.87. The van der Waals surface area contributed by atoms with Crippen LogP contribution in [0.3, 0.4) is 0 Å². The Bertz CT molecular complexity index is 1320. The Kier molecular flexibility index (Phi) is 10.6. The highest BCUT2D eigenvalue weighted by atomic mass is 32.2. The summed E-state index contributed by atoms with van der Waals surface area (Å²) < 4.78 is 31.9. The van der Waals surface area contributed by atoms with Gasteiger partial charge in [0.2, 0.25) is 0 Å². The average Bonchev–Trinajstić information content (AvgIpc) is 3.00. The van der Waals surface area contributed by atoms with Crippen LogP contribution < -0.4 is 0 Å². The smallest absolute Gasteiger partial charge is 0.410 e. The van der Waals surface area contributed by atoms with E-state index in [0.717, 1.165) is 44.5 Å². The second kappa shape index (κ2) is 14.1. The minimum Gasteiger partial charge on any atom is -0.445 e. The largest absolute Gasteiger partial charge is 0.445 e. The second-order valence-corrected chi connectivity index (χ2v) is 14.2. The van der Waals surface area contributed by atoms with E-state index in [2.05, 4.69) is 17.0 Å². The molecule has 0 saturated carbocycles. The van der Waals surface area contributed by atoms with Gasteiger partial charge in [-0.2, -0.15) is 0 Å². The SMILES string of the molecule is CCN(C(=O)OCc1ccccc1)C1CCN(CCC(CC(C)(C)S(=O)(=O)c2ccccc2)c2ccccc2)CC1. The summed E-state index contributed by atoms with van der Waals surface area (Å²) in [5.41, 5.74) is 2.16. The maximum atomic E-state index is 13.6. The Morgan fingerprint density at radius 2 is 1.49 bits per heavy atom. The summed E-state index contributed by atoms with van der Waals surface area (Å²) in [5.74, 6) is 0.113. The molecule has 0 aromatic heterocycles. The van der Waals surface area contributed by atoms with Gasteiger partial charge in [-0.15, -0.1) is 0 Å². The lowest BCUT2D eigenvalue weighted by Crippen LogP contribution is -2.47. The molecule has 1 unspecified atom stereocenters. The lowest BCUT2D eigenvalue weighted by molar-refractivity contribution is 0.0626. The first kappa shape index (κ1) is 30.8. The molecular weight excluding hydrogens is 532 g/mol. The molecule has 1 saturated heterocycles. The molecule has 3 aromatic carbocycles. The molecule has 4 rings (SSSR count). The molecular formula is C34H44N2O4S. The average molecular weight is 577 g/mol. The number of nitrogens with zero attached hydrogens (tertiary/aromatic N) is 2. The molecule has 41 heavy (non-hydrogen) atoms. The van der Waals surface area contributed by atoms with Crippen LogP contribution >= 0.6 is 0 Å². The summed E-state index contributed by atoms with van der Waals surface area (Å²) in [6.07, 6.45) is 2.97. The van der Waals surface area contributed by atoms with Crippen LogP contribution in [0.15, 0.2) is 95.9 Å². The topological polar surface area (TPSA) is 66.9 Å². The summed E-state index contributed by atoms with van der Waals surface area (Å²) in [6, 6.07) is 29.0. The summed E-state index contributed by atoms with van der Waals surface area (Å²) in [4.78, 5) is 17.6. The van der Waals surface area contributed by atoms with E-state index < -0.39 is 14.6 Å². The van der Waals surface area contributed by atoms with Gasteiger partial charge in [0.25, 0.3) is 0 Å². The van der Waals surface area contributed by atoms with E-state index in [-0.39, 0.29) is 24.7 Å². The summed E-state index contributed by atoms with van der Waals surface area (Å²) in [5, 5.41) is 0. The first-order chi connectivity index (χ1) is 19.7. The van der Waals surface area contributed by atoms with E-state index in [9.17, 15) is 13.2 Å². The summed E-state index contributed by atoms with van der Waals surface area (Å²) in [6.45, 7) is 9.32. The van der Waals surface area contributed by atoms with Gasteiger partial charge in [-0.3, -0.25) is 0 Å². The molecule has 0 N–H and O–H groups in total. The van der Waals surface area contributed by atoms with Crippen molar-refractivity contribution in [1.29, 1.82) is 0 Å². The number of amides is 1. The molecule has 1 atom stereocenters. The number of benzene rings is 3. The monoisotopic (exact) mass is 576 g/mol. The van der Waals surface area contributed by atoms with Crippen molar-refractivity contribution in [3.63, 3.8) is 0 Å². The van der Waals surface area contributed by atoms with E-state index in [1.54, 1.807) is 24.3 Å². The van der Waals surface area contributed by atoms with Crippen molar-refractivity contribution < 1.29 is 17.9 Å². The van der Waals surface area contributed by atoms with Crippen LogP contribution in [0, 0.1) is 0 Å². The predicted octanol–water partition coefficient (Wildman–Crippen LogP) is 6.93. The Hall–Kier alpha value is -3.16. The van der Waals surface area contributed by atoms with E-state index in [1.807, 2.05) is 80.3 Å². The van der Waals surface area contributed by atoms with Gasteiger partial charge >= 0.3 is 6.09 Å². The molecule has 0 bridgehead atoms. The van der Waals surface area contributed by atoms with Crippen molar-refractivity contribution in [2.45, 2.75) is 74.7 Å². The third-order valence-corrected chi connectivity index (χ3v) is 10.9. The van der Waals surface area contributed by atoms with Gasteiger partial charge < -0.3 is 14.5 Å². The first-order valence-corrected chi connectivity index (χ1v) is 16.2. The highest BCUT2D eigenvalue weighted by Gasteiger charge is 2.38. The normalized spacial score (nSPS) is 15.8. The Labute approximate surface area is 246 Å². The molecule has 1 heterocycles. The number of likely N-dealkylation sites (tertiary alicyclic amines) is 1. The van der Waals surface area contributed by atoms with Gasteiger partial charge in [0.1, 0.15) is 6.61 Å². The standard InChI is InChI=1S/C34H44N2O4S/c1-4-36(33(37)40-27-28-14-8-5-9-15-28)31-21-24-35(25-22-31)23-20-30(29-16-10-6-11-17-29)26-34(2,3)41(38,39)32-18-12-7-13-19-32/h5-19,30-31H,4,20-27H2,1-3H3. The number of hydrogen-bond donors (Lipinski definition) is 0. The van der Waals surface area contributed by atoms with Crippen LogP contribution in [0.1, 0.15) is 63.5 Å². The van der Waals surface area contributed by atoms with E-state index in [1.165, 1.54) is 5.56 Å². The Morgan fingerprint density at radius 1 is 0.927 bits per heavy atom. The fourth-order valence-electron chi connectivity index (χ4n) is 5.87. The molecule has 1 aliphatic rings. The number of carbonyl (C=O) groups is 1. The number of hydrogen-bond acceptors (Lipinski definition) is 5. The number of carbonyl (C=O) groups excluding carboxylic acids is 1. The minimum absolute atomic E-state index is 0.113. The zero-order valence-electron chi connectivity index (χ0n) is 24.6. The molecule has 3 aromatic rings. The molecule has 7 heteroatoms. The summed E-state index contributed by atoms with van der Waals surface area (Å²) >= 11 is 0. The molecule has 1 amide bonds. The predicted molar refractivity (Wildman–Crippen MR) is 165 cm³/mol. The number of piperidine rings is 1. The van der Waals surface area contributed by atoms with E-state index in [0.29, 0.717) is 17.9 Å². The van der Waals surface area contributed by atoms with Crippen LogP contribution in [-0.2, 0) is 21.2 Å². The van der Waals surface area contributed by atoms with Gasteiger partial charge in [0, 0.05) is 25.7 Å². The van der Waals surface area contributed by atoms with Crippen molar-refractivity contribution in [3.05, 3.63) is 102 Å². The third kappa shape index (κ3) is 7.98. The van der Waals surface area contributed by atoms with Gasteiger partial charge in [0.15, 0.2) is 9.84 Å². The molecule has 0 aliphatic carbocycles. The van der Waals surface area contributed by atoms with Crippen molar-refractivity contribution in [3.8, 4) is 0 Å². The lowest BCUT2D eigenvalue weighted by Gasteiger charge is -2.38. The Balaban J connectivity index is 1.35. The van der Waals surface area contributed by atoms with Crippen LogP contribution in [-0.4, -0.2) is 61.3 Å². The molecule has 220 valence electrons. The van der Waals surface area contributed by atoms with Gasteiger partial charge in [-0.1, -0.05) is 78.9 Å². The molecule has 0 radical (unpaired) electrons. The van der Waals surface area contributed by atoms with Crippen molar-refractivity contribution in [2.75, 3.05) is 26.2 Å². The number of ether oxygens (including phenoxy) is 1. The maximum Gasteiger partial charge on any atom is 0.410 e. The van der Waals surface area contributed by atoms with Gasteiger partial charge in [0.05, 0.1) is 9.64 Å². The van der Waals surface area contributed by atoms with E-state index >= 15 is 0 Å². The van der Waals surface area contributed by atoms with E-state index in [4.69, 9.17) is 4.74 Å². The van der Waals surface area contributed by atoms with Crippen molar-refractivity contribution >= 4 is 15.9 Å². The highest BCUT2D eigenvalue weighted by molar-refractivity contribution is 7.92. The van der Waals surface area contributed by atoms with Crippen LogP contribution in [0.5, 0.6) is 0 Å². The number of rotatable bonds is 12. The second-order valence-electron chi connectivity index (χ2n) is 11.6. The van der Waals surface area contributed by atoms with Crippen molar-refractivity contribution in [2.24, 2.45) is 0 Å². The van der Waals surface area contributed by atoms with Gasteiger partial charge in [-0.25, -0.2) is 13.2 Å². The molecule has 0 spiro atoms.